The number of nitrogens with zero attached hydrogens (tertiary/aromatic N) is 2. The van der Waals surface area contributed by atoms with Crippen molar-refractivity contribution in [2.45, 2.75) is 6.10 Å². The van der Waals surface area contributed by atoms with E-state index in [-0.39, 0.29) is 11.6 Å². The van der Waals surface area contributed by atoms with Crippen molar-refractivity contribution < 1.29 is 14.2 Å². The third kappa shape index (κ3) is 2.49. The maximum atomic E-state index is 13.2. The summed E-state index contributed by atoms with van der Waals surface area (Å²) in [5.41, 5.74) is 0.611. The monoisotopic (exact) mass is 312 g/mol. The lowest BCUT2D eigenvalue weighted by atomic mass is 10.1. The first-order valence-corrected chi connectivity index (χ1v) is 5.90. The van der Waals surface area contributed by atoms with Crippen LogP contribution in [0.1, 0.15) is 17.4 Å². The topological polar surface area (TPSA) is 55.2 Å². The van der Waals surface area contributed by atoms with E-state index in [2.05, 4.69) is 25.9 Å². The van der Waals surface area contributed by atoms with Gasteiger partial charge in [-0.15, -0.1) is 0 Å². The van der Waals surface area contributed by atoms with E-state index in [0.29, 0.717) is 10.0 Å². The summed E-state index contributed by atoms with van der Waals surface area (Å²) in [4.78, 5) is 7.96. The van der Waals surface area contributed by atoms with Gasteiger partial charge in [-0.05, 0) is 18.2 Å². The van der Waals surface area contributed by atoms with Gasteiger partial charge in [-0.25, -0.2) is 9.37 Å². The summed E-state index contributed by atoms with van der Waals surface area (Å²) in [6.07, 6.45) is 1.78. The Morgan fingerprint density at radius 3 is 2.78 bits per heavy atom. The number of aromatic nitrogens is 2. The normalized spacial score (nSPS) is 12.2. The lowest BCUT2D eigenvalue weighted by molar-refractivity contribution is 0.206. The minimum Gasteiger partial charge on any atom is -0.480 e. The second-order valence-corrected chi connectivity index (χ2v) is 4.37. The van der Waals surface area contributed by atoms with E-state index in [4.69, 9.17) is 4.74 Å². The van der Waals surface area contributed by atoms with Gasteiger partial charge < -0.3 is 9.84 Å². The van der Waals surface area contributed by atoms with Gasteiger partial charge in [-0.2, -0.15) is 0 Å². The van der Waals surface area contributed by atoms with E-state index in [1.165, 1.54) is 37.7 Å². The number of aliphatic hydroxyl groups excluding tert-OH is 1. The van der Waals surface area contributed by atoms with Crippen LogP contribution in [-0.2, 0) is 0 Å². The van der Waals surface area contributed by atoms with Crippen molar-refractivity contribution >= 4 is 15.9 Å². The highest BCUT2D eigenvalue weighted by molar-refractivity contribution is 9.10. The van der Waals surface area contributed by atoms with Crippen molar-refractivity contribution in [1.82, 2.24) is 9.97 Å². The van der Waals surface area contributed by atoms with Crippen LogP contribution in [0.3, 0.4) is 0 Å². The quantitative estimate of drug-likeness (QED) is 0.946. The molecule has 94 valence electrons. The first-order chi connectivity index (χ1) is 8.63. The molecule has 1 unspecified atom stereocenters. The second-order valence-electron chi connectivity index (χ2n) is 3.52. The van der Waals surface area contributed by atoms with Crippen LogP contribution in [0.2, 0.25) is 0 Å². The molecule has 1 heterocycles. The summed E-state index contributed by atoms with van der Waals surface area (Å²) in [7, 11) is 1.43. The third-order valence-electron chi connectivity index (χ3n) is 2.40. The number of methoxy groups -OCH3 is 1. The molecular weight excluding hydrogens is 303 g/mol. The fourth-order valence-electron chi connectivity index (χ4n) is 1.55. The number of hydrogen-bond acceptors (Lipinski definition) is 4. The lowest BCUT2D eigenvalue weighted by Crippen LogP contribution is -2.07. The van der Waals surface area contributed by atoms with Crippen molar-refractivity contribution in [2.24, 2.45) is 0 Å². The maximum Gasteiger partial charge on any atom is 0.238 e. The summed E-state index contributed by atoms with van der Waals surface area (Å²) in [5.74, 6) is -0.226. The summed E-state index contributed by atoms with van der Waals surface area (Å²) in [6.45, 7) is 0. The molecule has 1 aromatic heterocycles. The summed E-state index contributed by atoms with van der Waals surface area (Å²) in [6, 6.07) is 4.06. The Labute approximate surface area is 112 Å². The number of hydrogen-bond donors (Lipinski definition) is 1. The van der Waals surface area contributed by atoms with Gasteiger partial charge >= 0.3 is 0 Å². The molecule has 0 saturated heterocycles. The number of ether oxygens (including phenoxy) is 1. The van der Waals surface area contributed by atoms with Crippen molar-refractivity contribution in [3.05, 3.63) is 52.1 Å². The molecule has 0 aliphatic rings. The second kappa shape index (κ2) is 5.41. The van der Waals surface area contributed by atoms with Gasteiger partial charge in [0, 0.05) is 22.4 Å². The number of aliphatic hydroxyl groups is 1. The minimum absolute atomic E-state index is 0.209. The van der Waals surface area contributed by atoms with Gasteiger partial charge in [0.15, 0.2) is 0 Å². The van der Waals surface area contributed by atoms with E-state index in [0.717, 1.165) is 0 Å². The fourth-order valence-corrected chi connectivity index (χ4v) is 2.02. The molecule has 0 amide bonds. The number of halogens is 2. The molecule has 2 rings (SSSR count). The SMILES string of the molecule is COc1nccnc1C(O)c1cc(F)ccc1Br. The van der Waals surface area contributed by atoms with Crippen LogP contribution in [0.15, 0.2) is 35.1 Å². The highest BCUT2D eigenvalue weighted by Crippen LogP contribution is 2.31. The van der Waals surface area contributed by atoms with E-state index >= 15 is 0 Å². The van der Waals surface area contributed by atoms with E-state index < -0.39 is 11.9 Å². The van der Waals surface area contributed by atoms with Gasteiger partial charge in [0.05, 0.1) is 7.11 Å². The van der Waals surface area contributed by atoms with Crippen molar-refractivity contribution in [2.75, 3.05) is 7.11 Å². The molecule has 6 heteroatoms. The molecule has 0 fully saturated rings. The molecule has 0 aliphatic heterocycles. The maximum absolute atomic E-state index is 13.2. The summed E-state index contributed by atoms with van der Waals surface area (Å²) < 4.78 is 18.8. The Hall–Kier alpha value is -1.53. The highest BCUT2D eigenvalue weighted by atomic mass is 79.9. The van der Waals surface area contributed by atoms with Gasteiger partial charge in [-0.3, -0.25) is 4.98 Å². The summed E-state index contributed by atoms with van der Waals surface area (Å²) in [5, 5.41) is 10.2. The third-order valence-corrected chi connectivity index (χ3v) is 3.12. The van der Waals surface area contributed by atoms with Crippen LogP contribution in [0.5, 0.6) is 5.88 Å². The standard InChI is InChI=1S/C12H10BrFN2O2/c1-18-12-10(15-4-5-16-12)11(17)8-6-7(14)2-3-9(8)13/h2-6,11,17H,1H3. The van der Waals surface area contributed by atoms with Gasteiger partial charge in [0.1, 0.15) is 17.6 Å². The Morgan fingerprint density at radius 2 is 2.06 bits per heavy atom. The fraction of sp³-hybridized carbons (Fsp3) is 0.167. The zero-order valence-corrected chi connectivity index (χ0v) is 11.1. The molecule has 18 heavy (non-hydrogen) atoms. The zero-order valence-electron chi connectivity index (χ0n) is 9.47. The Bertz CT molecular complexity index is 566. The number of rotatable bonds is 3. The van der Waals surface area contributed by atoms with Crippen molar-refractivity contribution in [3.8, 4) is 5.88 Å². The Balaban J connectivity index is 2.47. The van der Waals surface area contributed by atoms with Crippen LogP contribution in [-0.4, -0.2) is 22.2 Å². The Kier molecular flexibility index (Phi) is 3.88. The molecule has 2 aromatic rings. The van der Waals surface area contributed by atoms with Gasteiger partial charge in [-0.1, -0.05) is 15.9 Å². The molecular formula is C12H10BrFN2O2. The van der Waals surface area contributed by atoms with E-state index in [1.54, 1.807) is 0 Å². The predicted molar refractivity (Wildman–Crippen MR) is 66.7 cm³/mol. The average Bonchev–Trinajstić information content (AvgIpc) is 2.40. The minimum atomic E-state index is -1.11. The van der Waals surface area contributed by atoms with Crippen LogP contribution < -0.4 is 4.74 Å². The molecule has 0 spiro atoms. The molecule has 0 aliphatic carbocycles. The zero-order chi connectivity index (χ0) is 13.1. The van der Waals surface area contributed by atoms with Crippen molar-refractivity contribution in [1.29, 1.82) is 0 Å². The van der Waals surface area contributed by atoms with Crippen LogP contribution in [0, 0.1) is 5.82 Å². The van der Waals surface area contributed by atoms with Gasteiger partial charge in [0.2, 0.25) is 5.88 Å². The van der Waals surface area contributed by atoms with E-state index in [1.807, 2.05) is 0 Å². The first kappa shape index (κ1) is 12.9. The highest BCUT2D eigenvalue weighted by Gasteiger charge is 2.20. The van der Waals surface area contributed by atoms with Crippen LogP contribution in [0.25, 0.3) is 0 Å². The van der Waals surface area contributed by atoms with Crippen LogP contribution in [0.4, 0.5) is 4.39 Å². The Morgan fingerprint density at radius 1 is 1.33 bits per heavy atom. The summed E-state index contributed by atoms with van der Waals surface area (Å²) >= 11 is 3.26. The number of benzene rings is 1. The lowest BCUT2D eigenvalue weighted by Gasteiger charge is -2.14. The molecule has 0 bridgehead atoms. The average molecular weight is 313 g/mol. The molecule has 1 aromatic carbocycles. The van der Waals surface area contributed by atoms with Crippen LogP contribution >= 0.6 is 15.9 Å². The predicted octanol–water partition coefficient (Wildman–Crippen LogP) is 2.47. The molecule has 1 N–H and O–H groups in total. The smallest absolute Gasteiger partial charge is 0.238 e. The van der Waals surface area contributed by atoms with E-state index in [9.17, 15) is 9.50 Å². The van der Waals surface area contributed by atoms with Crippen molar-refractivity contribution in [3.63, 3.8) is 0 Å². The molecule has 4 nitrogen and oxygen atoms in total. The van der Waals surface area contributed by atoms with Gasteiger partial charge in [0.25, 0.3) is 0 Å². The largest absolute Gasteiger partial charge is 0.480 e. The first-order valence-electron chi connectivity index (χ1n) is 5.11. The molecule has 0 saturated carbocycles. The molecule has 1 atom stereocenters. The molecule has 0 radical (unpaired) electrons.